The van der Waals surface area contributed by atoms with E-state index in [2.05, 4.69) is 43.4 Å². The summed E-state index contributed by atoms with van der Waals surface area (Å²) in [7, 11) is 0. The van der Waals surface area contributed by atoms with Gasteiger partial charge in [-0.3, -0.25) is 9.59 Å². The lowest BCUT2D eigenvalue weighted by molar-refractivity contribution is -0.896. The summed E-state index contributed by atoms with van der Waals surface area (Å²) < 4.78 is 0. The summed E-state index contributed by atoms with van der Waals surface area (Å²) in [6, 6.07) is 17.8. The highest BCUT2D eigenvalue weighted by molar-refractivity contribution is 5.94. The molecule has 148 valence electrons. The lowest BCUT2D eigenvalue weighted by atomic mass is 10.0. The number of quaternary nitrogens is 1. The predicted octanol–water partition coefficient (Wildman–Crippen LogP) is 1.60. The van der Waals surface area contributed by atoms with Gasteiger partial charge in [0.05, 0.1) is 32.2 Å². The molecule has 3 rings (SSSR count). The Morgan fingerprint density at radius 1 is 1.04 bits per heavy atom. The first-order chi connectivity index (χ1) is 13.6. The van der Waals surface area contributed by atoms with Crippen LogP contribution in [-0.2, 0) is 4.79 Å². The van der Waals surface area contributed by atoms with E-state index in [4.69, 9.17) is 0 Å². The van der Waals surface area contributed by atoms with Gasteiger partial charge in [-0.25, -0.2) is 0 Å². The Morgan fingerprint density at radius 2 is 1.68 bits per heavy atom. The smallest absolute Gasteiger partial charge is 0.275 e. The third-order valence-corrected chi connectivity index (χ3v) is 5.41. The van der Waals surface area contributed by atoms with E-state index in [0.717, 1.165) is 30.6 Å². The molecule has 5 nitrogen and oxygen atoms in total. The SMILES string of the molecule is CC[C@H](NC(=O)C[NH+]1CCN(C(=O)c2ccccc2)CC1)c1ccc(C)cc1. The molecule has 1 aliphatic heterocycles. The molecule has 0 bridgehead atoms. The molecule has 0 radical (unpaired) electrons. The third kappa shape index (κ3) is 5.20. The highest BCUT2D eigenvalue weighted by Crippen LogP contribution is 2.16. The largest absolute Gasteiger partial charge is 0.344 e. The van der Waals surface area contributed by atoms with Crippen LogP contribution in [0.3, 0.4) is 0 Å². The molecule has 0 unspecified atom stereocenters. The minimum Gasteiger partial charge on any atom is -0.344 e. The van der Waals surface area contributed by atoms with Crippen molar-refractivity contribution in [2.75, 3.05) is 32.7 Å². The van der Waals surface area contributed by atoms with Crippen molar-refractivity contribution in [1.29, 1.82) is 0 Å². The first kappa shape index (κ1) is 20.1. The number of amides is 2. The molecule has 2 aromatic rings. The van der Waals surface area contributed by atoms with Crippen LogP contribution in [0.5, 0.6) is 0 Å². The number of piperazine rings is 1. The van der Waals surface area contributed by atoms with Crippen LogP contribution in [-0.4, -0.2) is 49.4 Å². The van der Waals surface area contributed by atoms with E-state index in [1.54, 1.807) is 0 Å². The van der Waals surface area contributed by atoms with Crippen LogP contribution in [0.1, 0.15) is 40.9 Å². The molecule has 1 fully saturated rings. The molecule has 2 aromatic carbocycles. The number of benzene rings is 2. The normalized spacial score (nSPS) is 15.9. The molecule has 0 aliphatic carbocycles. The van der Waals surface area contributed by atoms with Gasteiger partial charge in [0.1, 0.15) is 0 Å². The van der Waals surface area contributed by atoms with Crippen LogP contribution in [0.2, 0.25) is 0 Å². The van der Waals surface area contributed by atoms with Crippen molar-refractivity contribution in [3.05, 3.63) is 71.3 Å². The molecule has 0 aromatic heterocycles. The van der Waals surface area contributed by atoms with Crippen LogP contribution in [0, 0.1) is 6.92 Å². The van der Waals surface area contributed by atoms with E-state index >= 15 is 0 Å². The molecule has 1 saturated heterocycles. The summed E-state index contributed by atoms with van der Waals surface area (Å²) >= 11 is 0. The van der Waals surface area contributed by atoms with Crippen LogP contribution < -0.4 is 10.2 Å². The number of nitrogens with one attached hydrogen (secondary N) is 2. The topological polar surface area (TPSA) is 53.9 Å². The monoisotopic (exact) mass is 380 g/mol. The van der Waals surface area contributed by atoms with Gasteiger partial charge in [-0.1, -0.05) is 55.0 Å². The molecule has 1 atom stereocenters. The summed E-state index contributed by atoms with van der Waals surface area (Å²) in [5, 5.41) is 3.17. The number of carbonyl (C=O) groups is 2. The Kier molecular flexibility index (Phi) is 6.82. The zero-order valence-electron chi connectivity index (χ0n) is 16.8. The maximum absolute atomic E-state index is 12.5. The number of aryl methyl sites for hydroxylation is 1. The van der Waals surface area contributed by atoms with E-state index in [9.17, 15) is 9.59 Å². The molecular formula is C23H30N3O2+. The minimum atomic E-state index is 0.0495. The fourth-order valence-electron chi connectivity index (χ4n) is 3.66. The predicted molar refractivity (Wildman–Crippen MR) is 110 cm³/mol. The average Bonchev–Trinajstić information content (AvgIpc) is 2.73. The second kappa shape index (κ2) is 9.51. The molecule has 2 N–H and O–H groups in total. The second-order valence-corrected chi connectivity index (χ2v) is 7.52. The molecule has 1 aliphatic rings. The van der Waals surface area contributed by atoms with Crippen molar-refractivity contribution in [1.82, 2.24) is 10.2 Å². The number of hydrogen-bond acceptors (Lipinski definition) is 2. The van der Waals surface area contributed by atoms with Crippen LogP contribution in [0.4, 0.5) is 0 Å². The second-order valence-electron chi connectivity index (χ2n) is 7.52. The van der Waals surface area contributed by atoms with E-state index < -0.39 is 0 Å². The Morgan fingerprint density at radius 3 is 2.29 bits per heavy atom. The average molecular weight is 381 g/mol. The van der Waals surface area contributed by atoms with Crippen LogP contribution in [0.25, 0.3) is 0 Å². The highest BCUT2D eigenvalue weighted by atomic mass is 16.2. The molecule has 5 heteroatoms. The summed E-state index contributed by atoms with van der Waals surface area (Å²) in [6.45, 7) is 7.58. The number of hydrogen-bond donors (Lipinski definition) is 2. The Labute approximate surface area is 167 Å². The fraction of sp³-hybridized carbons (Fsp3) is 0.391. The first-order valence-corrected chi connectivity index (χ1v) is 10.1. The maximum Gasteiger partial charge on any atom is 0.275 e. The Hall–Kier alpha value is -2.66. The van der Waals surface area contributed by atoms with Gasteiger partial charge in [-0.2, -0.15) is 0 Å². The zero-order valence-corrected chi connectivity index (χ0v) is 16.8. The van der Waals surface area contributed by atoms with Gasteiger partial charge in [-0.05, 0) is 31.0 Å². The Balaban J connectivity index is 1.48. The van der Waals surface area contributed by atoms with Crippen molar-refractivity contribution < 1.29 is 14.5 Å². The standard InChI is InChI=1S/C23H29N3O2/c1-3-21(19-11-9-18(2)10-12-19)24-22(27)17-25-13-15-26(16-14-25)23(28)20-7-5-4-6-8-20/h4-12,21H,3,13-17H2,1-2H3,(H,24,27)/p+1/t21-/m0/s1. The zero-order chi connectivity index (χ0) is 19.9. The number of carbonyl (C=O) groups excluding carboxylic acids is 2. The van der Waals surface area contributed by atoms with Crippen molar-refractivity contribution in [2.45, 2.75) is 26.3 Å². The first-order valence-electron chi connectivity index (χ1n) is 10.1. The minimum absolute atomic E-state index is 0.0495. The van der Waals surface area contributed by atoms with Gasteiger partial charge < -0.3 is 15.1 Å². The van der Waals surface area contributed by atoms with Gasteiger partial charge >= 0.3 is 0 Å². The summed E-state index contributed by atoms with van der Waals surface area (Å²) in [5.41, 5.74) is 3.10. The van der Waals surface area contributed by atoms with Crippen LogP contribution in [0.15, 0.2) is 54.6 Å². The number of nitrogens with zero attached hydrogens (tertiary/aromatic N) is 1. The van der Waals surface area contributed by atoms with Crippen molar-refractivity contribution in [3.63, 3.8) is 0 Å². The maximum atomic E-state index is 12.5. The summed E-state index contributed by atoms with van der Waals surface area (Å²) in [4.78, 5) is 28.2. The third-order valence-electron chi connectivity index (χ3n) is 5.41. The van der Waals surface area contributed by atoms with E-state index in [1.807, 2.05) is 35.2 Å². The fourth-order valence-corrected chi connectivity index (χ4v) is 3.66. The van der Waals surface area contributed by atoms with Gasteiger partial charge in [0, 0.05) is 5.56 Å². The van der Waals surface area contributed by atoms with Gasteiger partial charge in [0.15, 0.2) is 6.54 Å². The molecule has 0 saturated carbocycles. The van der Waals surface area contributed by atoms with Crippen molar-refractivity contribution in [3.8, 4) is 0 Å². The van der Waals surface area contributed by atoms with Gasteiger partial charge in [-0.15, -0.1) is 0 Å². The summed E-state index contributed by atoms with van der Waals surface area (Å²) in [5.74, 6) is 0.153. The molecule has 2 amide bonds. The van der Waals surface area contributed by atoms with E-state index in [0.29, 0.717) is 19.6 Å². The van der Waals surface area contributed by atoms with Crippen molar-refractivity contribution >= 4 is 11.8 Å². The highest BCUT2D eigenvalue weighted by Gasteiger charge is 2.26. The Bertz CT molecular complexity index is 781. The lowest BCUT2D eigenvalue weighted by Crippen LogP contribution is -3.15. The molecular weight excluding hydrogens is 350 g/mol. The molecule has 1 heterocycles. The van der Waals surface area contributed by atoms with Crippen molar-refractivity contribution in [2.24, 2.45) is 0 Å². The van der Waals surface area contributed by atoms with Crippen LogP contribution >= 0.6 is 0 Å². The quantitative estimate of drug-likeness (QED) is 0.800. The molecule has 28 heavy (non-hydrogen) atoms. The van der Waals surface area contributed by atoms with Gasteiger partial charge in [0.2, 0.25) is 0 Å². The summed E-state index contributed by atoms with van der Waals surface area (Å²) in [6.07, 6.45) is 0.865. The lowest BCUT2D eigenvalue weighted by Gasteiger charge is -2.32. The van der Waals surface area contributed by atoms with E-state index in [-0.39, 0.29) is 17.9 Å². The van der Waals surface area contributed by atoms with Gasteiger partial charge in [0.25, 0.3) is 11.8 Å². The van der Waals surface area contributed by atoms with E-state index in [1.165, 1.54) is 10.5 Å². The number of rotatable bonds is 6. The molecule has 0 spiro atoms.